The summed E-state index contributed by atoms with van der Waals surface area (Å²) in [5.74, 6) is 1.12. The molecular weight excluding hydrogens is 392 g/mol. The molecule has 2 heterocycles. The molecule has 5 nitrogen and oxygen atoms in total. The van der Waals surface area contributed by atoms with Gasteiger partial charge in [-0.3, -0.25) is 4.68 Å². The first-order valence-corrected chi connectivity index (χ1v) is 9.86. The van der Waals surface area contributed by atoms with Crippen molar-refractivity contribution in [3.05, 3.63) is 39.5 Å². The van der Waals surface area contributed by atoms with E-state index in [1.807, 2.05) is 25.1 Å². The fraction of sp³-hybridized carbons (Fsp3) is 0.450. The van der Waals surface area contributed by atoms with Crippen molar-refractivity contribution in [1.82, 2.24) is 19.9 Å². The predicted octanol–water partition coefficient (Wildman–Crippen LogP) is 5.21. The average molecular weight is 415 g/mol. The molecule has 136 valence electrons. The highest BCUT2D eigenvalue weighted by molar-refractivity contribution is 9.10. The van der Waals surface area contributed by atoms with Gasteiger partial charge < -0.3 is 4.52 Å². The Bertz CT molecular complexity index is 970. The Kier molecular flexibility index (Phi) is 4.26. The molecule has 2 aromatic heterocycles. The maximum Gasteiger partial charge on any atom is 0.258 e. The second kappa shape index (κ2) is 6.34. The molecule has 4 rings (SSSR count). The molecule has 0 saturated carbocycles. The van der Waals surface area contributed by atoms with Crippen LogP contribution < -0.4 is 0 Å². The van der Waals surface area contributed by atoms with Crippen LogP contribution in [0.1, 0.15) is 44.0 Å². The van der Waals surface area contributed by atoms with Crippen LogP contribution >= 0.6 is 15.9 Å². The summed E-state index contributed by atoms with van der Waals surface area (Å²) in [6.07, 6.45) is 3.21. The Morgan fingerprint density at radius 2 is 2.12 bits per heavy atom. The highest BCUT2D eigenvalue weighted by atomic mass is 79.9. The number of nitrogens with zero attached hydrogens (tertiary/aromatic N) is 4. The third-order valence-electron chi connectivity index (χ3n) is 5.21. The summed E-state index contributed by atoms with van der Waals surface area (Å²) < 4.78 is 8.72. The lowest BCUT2D eigenvalue weighted by atomic mass is 9.76. The SMILES string of the molecule is CCn1nc(-c2noc(-c3ccc(Br)c(C)c3)n2)c2c1CC(C)(C)CC2. The van der Waals surface area contributed by atoms with E-state index in [9.17, 15) is 0 Å². The molecule has 0 aliphatic heterocycles. The lowest BCUT2D eigenvalue weighted by Crippen LogP contribution is -2.24. The summed E-state index contributed by atoms with van der Waals surface area (Å²) >= 11 is 3.53. The van der Waals surface area contributed by atoms with Gasteiger partial charge in [-0.2, -0.15) is 10.1 Å². The van der Waals surface area contributed by atoms with Crippen molar-refractivity contribution in [2.45, 2.75) is 53.5 Å². The van der Waals surface area contributed by atoms with Crippen molar-refractivity contribution in [2.24, 2.45) is 5.41 Å². The number of hydrogen-bond donors (Lipinski definition) is 0. The van der Waals surface area contributed by atoms with Crippen LogP contribution in [0.5, 0.6) is 0 Å². The predicted molar refractivity (Wildman–Crippen MR) is 105 cm³/mol. The Morgan fingerprint density at radius 1 is 1.31 bits per heavy atom. The summed E-state index contributed by atoms with van der Waals surface area (Å²) in [5.41, 5.74) is 5.86. The monoisotopic (exact) mass is 414 g/mol. The maximum atomic E-state index is 5.55. The third-order valence-corrected chi connectivity index (χ3v) is 6.10. The molecule has 6 heteroatoms. The number of hydrogen-bond acceptors (Lipinski definition) is 4. The summed E-state index contributed by atoms with van der Waals surface area (Å²) in [7, 11) is 0. The van der Waals surface area contributed by atoms with Crippen molar-refractivity contribution in [2.75, 3.05) is 0 Å². The van der Waals surface area contributed by atoms with Crippen LogP contribution in [-0.4, -0.2) is 19.9 Å². The molecule has 0 atom stereocenters. The number of aromatic nitrogens is 4. The molecule has 3 aromatic rings. The summed E-state index contributed by atoms with van der Waals surface area (Å²) in [5, 5.41) is 9.04. The molecular formula is C20H23BrN4O. The quantitative estimate of drug-likeness (QED) is 0.590. The second-order valence-corrected chi connectivity index (χ2v) is 8.67. The first-order valence-electron chi connectivity index (χ1n) is 9.07. The van der Waals surface area contributed by atoms with Gasteiger partial charge in [0.25, 0.3) is 5.89 Å². The van der Waals surface area contributed by atoms with Crippen LogP contribution in [0.25, 0.3) is 23.0 Å². The molecule has 0 radical (unpaired) electrons. The summed E-state index contributed by atoms with van der Waals surface area (Å²) in [6, 6.07) is 6.03. The smallest absolute Gasteiger partial charge is 0.258 e. The second-order valence-electron chi connectivity index (χ2n) is 7.82. The molecule has 1 aromatic carbocycles. The van der Waals surface area contributed by atoms with Crippen molar-refractivity contribution in [1.29, 1.82) is 0 Å². The molecule has 0 fully saturated rings. The molecule has 0 saturated heterocycles. The minimum Gasteiger partial charge on any atom is -0.334 e. The van der Waals surface area contributed by atoms with Crippen molar-refractivity contribution in [3.63, 3.8) is 0 Å². The van der Waals surface area contributed by atoms with Gasteiger partial charge in [0.1, 0.15) is 5.69 Å². The normalized spacial score (nSPS) is 15.9. The van der Waals surface area contributed by atoms with Gasteiger partial charge in [0, 0.05) is 27.8 Å². The zero-order chi connectivity index (χ0) is 18.5. The Balaban J connectivity index is 1.74. The van der Waals surface area contributed by atoms with E-state index in [-0.39, 0.29) is 0 Å². The lowest BCUT2D eigenvalue weighted by molar-refractivity contribution is 0.305. The van der Waals surface area contributed by atoms with Crippen molar-refractivity contribution < 1.29 is 4.52 Å². The van der Waals surface area contributed by atoms with Gasteiger partial charge in [0.15, 0.2) is 0 Å². The van der Waals surface area contributed by atoms with E-state index in [2.05, 4.69) is 51.5 Å². The highest BCUT2D eigenvalue weighted by Crippen LogP contribution is 2.38. The largest absolute Gasteiger partial charge is 0.334 e. The minimum absolute atomic E-state index is 0.314. The zero-order valence-electron chi connectivity index (χ0n) is 15.6. The molecule has 0 spiro atoms. The van der Waals surface area contributed by atoms with Crippen LogP contribution in [0.15, 0.2) is 27.2 Å². The van der Waals surface area contributed by atoms with Crippen LogP contribution in [0.2, 0.25) is 0 Å². The van der Waals surface area contributed by atoms with E-state index in [1.165, 1.54) is 11.3 Å². The highest BCUT2D eigenvalue weighted by Gasteiger charge is 2.32. The van der Waals surface area contributed by atoms with Gasteiger partial charge in [-0.1, -0.05) is 34.9 Å². The Morgan fingerprint density at radius 3 is 2.85 bits per heavy atom. The fourth-order valence-corrected chi connectivity index (χ4v) is 3.90. The first-order chi connectivity index (χ1) is 12.4. The number of halogens is 1. The van der Waals surface area contributed by atoms with Crippen LogP contribution in [0.4, 0.5) is 0 Å². The maximum absolute atomic E-state index is 5.55. The zero-order valence-corrected chi connectivity index (χ0v) is 17.2. The molecule has 1 aliphatic carbocycles. The topological polar surface area (TPSA) is 56.7 Å². The van der Waals surface area contributed by atoms with Gasteiger partial charge in [0.2, 0.25) is 5.82 Å². The Labute approximate surface area is 161 Å². The summed E-state index contributed by atoms with van der Waals surface area (Å²) in [6.45, 7) is 9.68. The number of fused-ring (bicyclic) bond motifs is 1. The van der Waals surface area contributed by atoms with Gasteiger partial charge in [-0.25, -0.2) is 0 Å². The van der Waals surface area contributed by atoms with Crippen molar-refractivity contribution in [3.8, 4) is 23.0 Å². The standard InChI is InChI=1S/C20H23BrN4O/c1-5-25-16-11-20(3,4)9-8-14(16)17(23-25)18-22-19(26-24-18)13-6-7-15(21)12(2)10-13/h6-7,10H,5,8-9,11H2,1-4H3. The van der Waals surface area contributed by atoms with Crippen LogP contribution in [0, 0.1) is 12.3 Å². The number of benzene rings is 1. The Hall–Kier alpha value is -1.95. The lowest BCUT2D eigenvalue weighted by Gasteiger charge is -2.30. The molecule has 0 amide bonds. The van der Waals surface area contributed by atoms with E-state index in [4.69, 9.17) is 9.62 Å². The van der Waals surface area contributed by atoms with E-state index in [0.717, 1.165) is 47.1 Å². The third kappa shape index (κ3) is 3.00. The van der Waals surface area contributed by atoms with Gasteiger partial charge in [-0.05, 0) is 62.3 Å². The van der Waals surface area contributed by atoms with E-state index < -0.39 is 0 Å². The number of rotatable bonds is 3. The molecule has 1 aliphatic rings. The van der Waals surface area contributed by atoms with E-state index in [0.29, 0.717) is 17.1 Å². The molecule has 26 heavy (non-hydrogen) atoms. The fourth-order valence-electron chi connectivity index (χ4n) is 3.66. The van der Waals surface area contributed by atoms with Gasteiger partial charge in [-0.15, -0.1) is 0 Å². The molecule has 0 bridgehead atoms. The summed E-state index contributed by atoms with van der Waals surface area (Å²) in [4.78, 5) is 4.64. The van der Waals surface area contributed by atoms with E-state index in [1.54, 1.807) is 0 Å². The average Bonchev–Trinajstić information content (AvgIpc) is 3.20. The van der Waals surface area contributed by atoms with Gasteiger partial charge in [0.05, 0.1) is 0 Å². The van der Waals surface area contributed by atoms with E-state index >= 15 is 0 Å². The molecule has 0 N–H and O–H groups in total. The number of aryl methyl sites for hydroxylation is 2. The van der Waals surface area contributed by atoms with Crippen LogP contribution in [0.3, 0.4) is 0 Å². The first kappa shape index (κ1) is 17.5. The minimum atomic E-state index is 0.314. The van der Waals surface area contributed by atoms with Crippen molar-refractivity contribution >= 4 is 15.9 Å². The van der Waals surface area contributed by atoms with Crippen LogP contribution in [-0.2, 0) is 19.4 Å². The molecule has 0 unspecified atom stereocenters. The van der Waals surface area contributed by atoms with Gasteiger partial charge >= 0.3 is 0 Å².